The number of hydrogen-bond donors (Lipinski definition) is 1. The summed E-state index contributed by atoms with van der Waals surface area (Å²) in [6.45, 7) is 1.48. The maximum absolute atomic E-state index is 12.1. The predicted octanol–water partition coefficient (Wildman–Crippen LogP) is 3.89. The summed E-state index contributed by atoms with van der Waals surface area (Å²) in [6, 6.07) is 13.7. The van der Waals surface area contributed by atoms with Gasteiger partial charge in [0, 0.05) is 29.7 Å². The Morgan fingerprint density at radius 3 is 2.32 bits per heavy atom. The molecule has 5 heteroatoms. The number of ether oxygens (including phenoxy) is 1. The lowest BCUT2D eigenvalue weighted by atomic mass is 10.1. The third-order valence-electron chi connectivity index (χ3n) is 3.77. The van der Waals surface area contributed by atoms with Crippen molar-refractivity contribution in [3.63, 3.8) is 0 Å². The molecule has 0 radical (unpaired) electrons. The summed E-state index contributed by atoms with van der Waals surface area (Å²) >= 11 is 0. The number of nitrogens with one attached hydrogen (secondary N) is 1. The molecule has 130 valence electrons. The molecule has 0 heterocycles. The van der Waals surface area contributed by atoms with Crippen molar-refractivity contribution < 1.29 is 19.1 Å². The fourth-order valence-electron chi connectivity index (χ4n) is 2.37. The molecule has 0 spiro atoms. The Balaban J connectivity index is 1.80. The first kappa shape index (κ1) is 18.4. The molecule has 0 aliphatic carbocycles. The molecule has 0 atom stereocenters. The summed E-state index contributed by atoms with van der Waals surface area (Å²) in [6.07, 6.45) is 1.00. The normalized spacial score (nSPS) is 10.2. The zero-order chi connectivity index (χ0) is 18.2. The molecular formula is C20H21NO4. The van der Waals surface area contributed by atoms with Gasteiger partial charge in [0.05, 0.1) is 7.11 Å². The second kappa shape index (κ2) is 8.78. The van der Waals surface area contributed by atoms with Crippen LogP contribution in [0.2, 0.25) is 0 Å². The molecule has 0 aliphatic heterocycles. The summed E-state index contributed by atoms with van der Waals surface area (Å²) in [7, 11) is 1.57. The molecule has 0 bridgehead atoms. The van der Waals surface area contributed by atoms with Gasteiger partial charge in [-0.2, -0.15) is 0 Å². The largest absolute Gasteiger partial charge is 0.497 e. The van der Waals surface area contributed by atoms with Crippen molar-refractivity contribution in [2.24, 2.45) is 0 Å². The molecule has 0 unspecified atom stereocenters. The highest BCUT2D eigenvalue weighted by molar-refractivity contribution is 5.98. The van der Waals surface area contributed by atoms with Gasteiger partial charge in [0.25, 0.3) is 0 Å². The van der Waals surface area contributed by atoms with Crippen molar-refractivity contribution in [2.75, 3.05) is 12.4 Å². The van der Waals surface area contributed by atoms with E-state index >= 15 is 0 Å². The van der Waals surface area contributed by atoms with Gasteiger partial charge in [-0.25, -0.2) is 0 Å². The zero-order valence-corrected chi connectivity index (χ0v) is 14.4. The van der Waals surface area contributed by atoms with Gasteiger partial charge in [-0.1, -0.05) is 12.1 Å². The van der Waals surface area contributed by atoms with Crippen LogP contribution in [0, 0.1) is 0 Å². The second-order valence-corrected chi connectivity index (χ2v) is 5.69. The van der Waals surface area contributed by atoms with E-state index < -0.39 is 0 Å². The Labute approximate surface area is 147 Å². The Kier molecular flexibility index (Phi) is 6.46. The van der Waals surface area contributed by atoms with Crippen LogP contribution in [-0.2, 0) is 4.79 Å². The van der Waals surface area contributed by atoms with E-state index in [0.29, 0.717) is 35.4 Å². The molecule has 0 saturated carbocycles. The average Bonchev–Trinajstić information content (AvgIpc) is 2.61. The van der Waals surface area contributed by atoms with Gasteiger partial charge >= 0.3 is 0 Å². The summed E-state index contributed by atoms with van der Waals surface area (Å²) < 4.78 is 5.06. The lowest BCUT2D eigenvalue weighted by Gasteiger charge is -2.06. The Morgan fingerprint density at radius 2 is 1.68 bits per heavy atom. The van der Waals surface area contributed by atoms with Crippen molar-refractivity contribution in [2.45, 2.75) is 26.2 Å². The molecule has 0 aliphatic rings. The average molecular weight is 339 g/mol. The quantitative estimate of drug-likeness (QED) is 0.741. The number of carbonyl (C=O) groups excluding carboxylic acids is 3. The van der Waals surface area contributed by atoms with E-state index in [1.54, 1.807) is 55.6 Å². The van der Waals surface area contributed by atoms with Crippen molar-refractivity contribution in [1.82, 2.24) is 0 Å². The van der Waals surface area contributed by atoms with Crippen LogP contribution in [0.3, 0.4) is 0 Å². The van der Waals surface area contributed by atoms with Crippen LogP contribution >= 0.6 is 0 Å². The Bertz CT molecular complexity index is 766. The molecule has 1 N–H and O–H groups in total. The minimum atomic E-state index is -0.178. The van der Waals surface area contributed by atoms with Crippen LogP contribution < -0.4 is 10.1 Å². The number of benzene rings is 2. The zero-order valence-electron chi connectivity index (χ0n) is 14.4. The highest BCUT2D eigenvalue weighted by atomic mass is 16.5. The van der Waals surface area contributed by atoms with Crippen LogP contribution in [0.1, 0.15) is 46.9 Å². The van der Waals surface area contributed by atoms with Gasteiger partial charge in [-0.05, 0) is 49.7 Å². The lowest BCUT2D eigenvalue weighted by Crippen LogP contribution is -2.12. The molecule has 25 heavy (non-hydrogen) atoms. The van der Waals surface area contributed by atoms with Crippen LogP contribution in [0.25, 0.3) is 0 Å². The van der Waals surface area contributed by atoms with E-state index in [1.165, 1.54) is 6.92 Å². The van der Waals surface area contributed by atoms with Crippen LogP contribution in [0.15, 0.2) is 48.5 Å². The number of hydrogen-bond acceptors (Lipinski definition) is 4. The van der Waals surface area contributed by atoms with Gasteiger partial charge < -0.3 is 10.1 Å². The van der Waals surface area contributed by atoms with Crippen LogP contribution in [-0.4, -0.2) is 24.6 Å². The maximum atomic E-state index is 12.1. The van der Waals surface area contributed by atoms with Crippen LogP contribution in [0.4, 0.5) is 5.69 Å². The topological polar surface area (TPSA) is 72.5 Å². The predicted molar refractivity (Wildman–Crippen MR) is 96.3 cm³/mol. The molecule has 0 aromatic heterocycles. The summed E-state index contributed by atoms with van der Waals surface area (Å²) in [4.78, 5) is 35.4. The highest BCUT2D eigenvalue weighted by Gasteiger charge is 2.09. The fraction of sp³-hybridized carbons (Fsp3) is 0.250. The molecule has 0 fully saturated rings. The molecule has 1 amide bonds. The molecule has 5 nitrogen and oxygen atoms in total. The van der Waals surface area contributed by atoms with Gasteiger partial charge in [-0.3, -0.25) is 14.4 Å². The van der Waals surface area contributed by atoms with E-state index in [4.69, 9.17) is 4.74 Å². The van der Waals surface area contributed by atoms with Crippen molar-refractivity contribution >= 4 is 23.2 Å². The third-order valence-corrected chi connectivity index (χ3v) is 3.77. The van der Waals surface area contributed by atoms with E-state index in [1.807, 2.05) is 0 Å². The standard InChI is InChI=1S/C20H21NO4/c1-14(22)16-5-3-6-17(13-16)21-20(24)8-4-7-19(23)15-9-11-18(25-2)12-10-15/h3,5-6,9-13H,4,7-8H2,1-2H3,(H,21,24). The van der Waals surface area contributed by atoms with Crippen molar-refractivity contribution in [3.05, 3.63) is 59.7 Å². The Hall–Kier alpha value is -2.95. The maximum Gasteiger partial charge on any atom is 0.224 e. The van der Waals surface area contributed by atoms with Gasteiger partial charge in [0.1, 0.15) is 5.75 Å². The summed E-state index contributed by atoms with van der Waals surface area (Å²) in [5.74, 6) is 0.460. The number of ketones is 2. The third kappa shape index (κ3) is 5.57. The number of amides is 1. The van der Waals surface area contributed by atoms with Crippen molar-refractivity contribution in [3.8, 4) is 5.75 Å². The fourth-order valence-corrected chi connectivity index (χ4v) is 2.37. The molecule has 0 saturated heterocycles. The second-order valence-electron chi connectivity index (χ2n) is 5.69. The minimum Gasteiger partial charge on any atom is -0.497 e. The molecule has 2 aromatic carbocycles. The number of methoxy groups -OCH3 is 1. The Morgan fingerprint density at radius 1 is 0.960 bits per heavy atom. The number of rotatable bonds is 8. The molecule has 2 aromatic rings. The number of carbonyl (C=O) groups is 3. The van der Waals surface area contributed by atoms with E-state index in [0.717, 1.165) is 0 Å². The van der Waals surface area contributed by atoms with E-state index in [9.17, 15) is 14.4 Å². The number of anilines is 1. The SMILES string of the molecule is COc1ccc(C(=O)CCCC(=O)Nc2cccc(C(C)=O)c2)cc1. The first-order valence-corrected chi connectivity index (χ1v) is 8.07. The first-order valence-electron chi connectivity index (χ1n) is 8.07. The minimum absolute atomic E-state index is 0.00553. The van der Waals surface area contributed by atoms with E-state index in [2.05, 4.69) is 5.32 Å². The van der Waals surface area contributed by atoms with Gasteiger partial charge in [0.15, 0.2) is 11.6 Å². The van der Waals surface area contributed by atoms with Crippen LogP contribution in [0.5, 0.6) is 5.75 Å². The van der Waals surface area contributed by atoms with E-state index in [-0.39, 0.29) is 23.9 Å². The summed E-state index contributed by atoms with van der Waals surface area (Å²) in [5, 5.41) is 2.75. The number of Topliss-reactive ketones (excluding diaryl/α,β-unsaturated/α-hetero) is 2. The summed E-state index contributed by atoms with van der Waals surface area (Å²) in [5.41, 5.74) is 1.74. The molecule has 2 rings (SSSR count). The first-order chi connectivity index (χ1) is 12.0. The van der Waals surface area contributed by atoms with Gasteiger partial charge in [-0.15, -0.1) is 0 Å². The van der Waals surface area contributed by atoms with Gasteiger partial charge in [0.2, 0.25) is 5.91 Å². The lowest BCUT2D eigenvalue weighted by molar-refractivity contribution is -0.116. The molecular weight excluding hydrogens is 318 g/mol. The highest BCUT2D eigenvalue weighted by Crippen LogP contribution is 2.15. The monoisotopic (exact) mass is 339 g/mol. The smallest absolute Gasteiger partial charge is 0.224 e. The van der Waals surface area contributed by atoms with Crippen molar-refractivity contribution in [1.29, 1.82) is 0 Å².